The third-order valence-corrected chi connectivity index (χ3v) is 5.56. The summed E-state index contributed by atoms with van der Waals surface area (Å²) in [5.41, 5.74) is 2.04. The molecule has 2 aromatic rings. The predicted octanol–water partition coefficient (Wildman–Crippen LogP) is 4.33. The Labute approximate surface area is 152 Å². The summed E-state index contributed by atoms with van der Waals surface area (Å²) in [6.45, 7) is 7.27. The Morgan fingerprint density at radius 3 is 2.72 bits per heavy atom. The van der Waals surface area contributed by atoms with Crippen molar-refractivity contribution in [2.24, 2.45) is 5.92 Å². The van der Waals surface area contributed by atoms with Gasteiger partial charge in [0.25, 0.3) is 5.89 Å². The number of amides is 1. The smallest absolute Gasteiger partial charge is 0.261 e. The van der Waals surface area contributed by atoms with Crippen molar-refractivity contribution < 1.29 is 14.1 Å². The van der Waals surface area contributed by atoms with Crippen LogP contribution in [0.2, 0.25) is 0 Å². The lowest BCUT2D eigenvalue weighted by Crippen LogP contribution is -2.22. The second kappa shape index (κ2) is 8.10. The van der Waals surface area contributed by atoms with Crippen molar-refractivity contribution in [2.45, 2.75) is 59.5 Å². The van der Waals surface area contributed by atoms with E-state index in [-0.39, 0.29) is 11.8 Å². The number of nitrogens with one attached hydrogen (secondary N) is 1. The largest absolute Gasteiger partial charge is 0.376 e. The normalized spacial score (nSPS) is 13.9. The number of hydrogen-bond donors (Lipinski definition) is 1. The summed E-state index contributed by atoms with van der Waals surface area (Å²) in [7, 11) is 0. The van der Waals surface area contributed by atoms with E-state index in [1.807, 2.05) is 0 Å². The van der Waals surface area contributed by atoms with E-state index in [2.05, 4.69) is 29.3 Å². The number of carbonyl (C=O) groups excluding carboxylic acids is 1. The van der Waals surface area contributed by atoms with Crippen molar-refractivity contribution >= 4 is 22.2 Å². The van der Waals surface area contributed by atoms with Crippen LogP contribution in [0.15, 0.2) is 4.52 Å². The van der Waals surface area contributed by atoms with Gasteiger partial charge in [-0.3, -0.25) is 4.79 Å². The number of rotatable bonds is 7. The molecule has 0 aliphatic carbocycles. The number of nitrogens with zero attached hydrogens (tertiary/aromatic N) is 2. The van der Waals surface area contributed by atoms with Gasteiger partial charge in [0.1, 0.15) is 5.00 Å². The maximum atomic E-state index is 12.8. The Bertz CT molecular complexity index is 732. The Morgan fingerprint density at radius 2 is 2.08 bits per heavy atom. The predicted molar refractivity (Wildman–Crippen MR) is 97.6 cm³/mol. The molecule has 7 heteroatoms. The molecule has 0 bridgehead atoms. The Morgan fingerprint density at radius 1 is 1.32 bits per heavy atom. The van der Waals surface area contributed by atoms with Gasteiger partial charge in [0.05, 0.1) is 18.8 Å². The van der Waals surface area contributed by atoms with Crippen LogP contribution in [0.1, 0.15) is 55.8 Å². The minimum Gasteiger partial charge on any atom is -0.376 e. The Hall–Kier alpha value is -1.73. The number of anilines is 1. The summed E-state index contributed by atoms with van der Waals surface area (Å²) in [4.78, 5) is 18.3. The maximum Gasteiger partial charge on any atom is 0.261 e. The van der Waals surface area contributed by atoms with Gasteiger partial charge in [0.2, 0.25) is 5.91 Å². The summed E-state index contributed by atoms with van der Waals surface area (Å²) in [6.07, 6.45) is 4.61. The molecular formula is C18H25N3O3S. The van der Waals surface area contributed by atoms with Gasteiger partial charge < -0.3 is 14.6 Å². The molecule has 1 N–H and O–H groups in total. The van der Waals surface area contributed by atoms with Crippen LogP contribution in [0.25, 0.3) is 11.5 Å². The summed E-state index contributed by atoms with van der Waals surface area (Å²) in [5, 5.41) is 7.86. The number of aromatic nitrogens is 2. The van der Waals surface area contributed by atoms with E-state index in [0.717, 1.165) is 53.1 Å². The molecule has 0 spiro atoms. The number of hydrogen-bond acceptors (Lipinski definition) is 6. The quantitative estimate of drug-likeness (QED) is 0.792. The molecule has 0 radical (unpaired) electrons. The van der Waals surface area contributed by atoms with Gasteiger partial charge in [0, 0.05) is 10.8 Å². The Balaban J connectivity index is 1.92. The van der Waals surface area contributed by atoms with Crippen molar-refractivity contribution in [1.29, 1.82) is 0 Å². The van der Waals surface area contributed by atoms with Crippen molar-refractivity contribution in [3.63, 3.8) is 0 Å². The lowest BCUT2D eigenvalue weighted by molar-refractivity contribution is -0.120. The second-order valence-corrected chi connectivity index (χ2v) is 7.53. The first-order chi connectivity index (χ1) is 12.1. The van der Waals surface area contributed by atoms with Crippen LogP contribution < -0.4 is 5.32 Å². The van der Waals surface area contributed by atoms with Crippen molar-refractivity contribution in [3.8, 4) is 11.5 Å². The summed E-state index contributed by atoms with van der Waals surface area (Å²) >= 11 is 1.56. The van der Waals surface area contributed by atoms with E-state index in [9.17, 15) is 4.79 Å². The van der Waals surface area contributed by atoms with E-state index in [1.165, 1.54) is 0 Å². The van der Waals surface area contributed by atoms with Crippen LogP contribution in [0.3, 0.4) is 0 Å². The molecular weight excluding hydrogens is 338 g/mol. The molecule has 6 nitrogen and oxygen atoms in total. The highest BCUT2D eigenvalue weighted by Gasteiger charge is 2.28. The zero-order valence-electron chi connectivity index (χ0n) is 15.1. The number of fused-ring (bicyclic) bond motifs is 1. The maximum absolute atomic E-state index is 12.8. The zero-order valence-corrected chi connectivity index (χ0v) is 15.9. The lowest BCUT2D eigenvalue weighted by Gasteiger charge is -2.15. The van der Waals surface area contributed by atoms with Crippen LogP contribution in [0.5, 0.6) is 0 Å². The SMILES string of the molecule is CCCC(CCC)C(=O)Nc1sc2c(c1-c1nc(C)no1)CCOC2. The minimum absolute atomic E-state index is 0.0441. The number of thiophene rings is 1. The fraction of sp³-hybridized carbons (Fsp3) is 0.611. The molecule has 0 aromatic carbocycles. The molecule has 25 heavy (non-hydrogen) atoms. The lowest BCUT2D eigenvalue weighted by atomic mass is 9.97. The molecule has 0 saturated heterocycles. The molecule has 0 saturated carbocycles. The topological polar surface area (TPSA) is 77.3 Å². The van der Waals surface area contributed by atoms with Crippen LogP contribution in [-0.4, -0.2) is 22.7 Å². The average Bonchev–Trinajstić information content (AvgIpc) is 3.17. The number of aryl methyl sites for hydroxylation is 1. The van der Waals surface area contributed by atoms with Crippen LogP contribution in [0.4, 0.5) is 5.00 Å². The van der Waals surface area contributed by atoms with E-state index in [4.69, 9.17) is 9.26 Å². The molecule has 1 aliphatic rings. The standard InChI is InChI=1S/C18H25N3O3S/c1-4-6-12(7-5-2)16(22)20-18-15(17-19-11(3)21-24-17)13-8-9-23-10-14(13)25-18/h12H,4-10H2,1-3H3,(H,20,22). The highest BCUT2D eigenvalue weighted by Crippen LogP contribution is 2.42. The Kier molecular flexibility index (Phi) is 5.86. The van der Waals surface area contributed by atoms with Gasteiger partial charge in [0.15, 0.2) is 5.82 Å². The summed E-state index contributed by atoms with van der Waals surface area (Å²) in [6, 6.07) is 0. The highest BCUT2D eigenvalue weighted by molar-refractivity contribution is 7.17. The third kappa shape index (κ3) is 3.93. The fourth-order valence-corrected chi connectivity index (χ4v) is 4.44. The molecule has 2 aromatic heterocycles. The molecule has 0 unspecified atom stereocenters. The van der Waals surface area contributed by atoms with E-state index < -0.39 is 0 Å². The number of ether oxygens (including phenoxy) is 1. The molecule has 1 amide bonds. The molecule has 0 atom stereocenters. The van der Waals surface area contributed by atoms with E-state index >= 15 is 0 Å². The van der Waals surface area contributed by atoms with Crippen molar-refractivity contribution in [2.75, 3.05) is 11.9 Å². The number of carbonyl (C=O) groups is 1. The van der Waals surface area contributed by atoms with Gasteiger partial charge in [-0.2, -0.15) is 4.98 Å². The molecule has 136 valence electrons. The molecule has 3 heterocycles. The first kappa shape index (κ1) is 18.1. The van der Waals surface area contributed by atoms with E-state index in [1.54, 1.807) is 18.3 Å². The van der Waals surface area contributed by atoms with E-state index in [0.29, 0.717) is 24.9 Å². The van der Waals surface area contributed by atoms with Gasteiger partial charge in [-0.1, -0.05) is 31.8 Å². The van der Waals surface area contributed by atoms with Gasteiger partial charge >= 0.3 is 0 Å². The molecule has 0 fully saturated rings. The third-order valence-electron chi connectivity index (χ3n) is 4.44. The van der Waals surface area contributed by atoms with Gasteiger partial charge in [-0.15, -0.1) is 11.3 Å². The van der Waals surface area contributed by atoms with Gasteiger partial charge in [-0.05, 0) is 31.7 Å². The molecule has 3 rings (SSSR count). The van der Waals surface area contributed by atoms with Crippen molar-refractivity contribution in [3.05, 3.63) is 16.3 Å². The molecule has 1 aliphatic heterocycles. The first-order valence-electron chi connectivity index (χ1n) is 8.97. The first-order valence-corrected chi connectivity index (χ1v) is 9.79. The minimum atomic E-state index is 0.0441. The zero-order chi connectivity index (χ0) is 17.8. The van der Waals surface area contributed by atoms with Crippen LogP contribution >= 0.6 is 11.3 Å². The fourth-order valence-electron chi connectivity index (χ4n) is 3.26. The average molecular weight is 363 g/mol. The highest BCUT2D eigenvalue weighted by atomic mass is 32.1. The summed E-state index contributed by atoms with van der Waals surface area (Å²) < 4.78 is 11.0. The van der Waals surface area contributed by atoms with Crippen LogP contribution in [0, 0.1) is 12.8 Å². The second-order valence-electron chi connectivity index (χ2n) is 6.42. The van der Waals surface area contributed by atoms with Gasteiger partial charge in [-0.25, -0.2) is 0 Å². The summed E-state index contributed by atoms with van der Waals surface area (Å²) in [5.74, 6) is 1.20. The monoisotopic (exact) mass is 363 g/mol. The van der Waals surface area contributed by atoms with Crippen LogP contribution in [-0.2, 0) is 22.6 Å². The van der Waals surface area contributed by atoms with Crippen molar-refractivity contribution in [1.82, 2.24) is 10.1 Å².